The number of carbonyl (C=O) groups excluding carboxylic acids is 3. The van der Waals surface area contributed by atoms with E-state index in [4.69, 9.17) is 14.2 Å². The van der Waals surface area contributed by atoms with Crippen molar-refractivity contribution < 1.29 is 28.6 Å². The highest BCUT2D eigenvalue weighted by molar-refractivity contribution is 5.71. The molecule has 0 bridgehead atoms. The maximum atomic E-state index is 12.8. The van der Waals surface area contributed by atoms with Crippen molar-refractivity contribution in [3.8, 4) is 0 Å². The fourth-order valence-electron chi connectivity index (χ4n) is 9.08. The number of hydrogen-bond acceptors (Lipinski definition) is 6. The molecule has 0 aliphatic carbocycles. The average Bonchev–Trinajstić information content (AvgIpc) is 3.38. The zero-order valence-corrected chi connectivity index (χ0v) is 47.9. The Bertz CT molecular complexity index is 1290. The summed E-state index contributed by atoms with van der Waals surface area (Å²) in [7, 11) is 0. The van der Waals surface area contributed by atoms with E-state index in [-0.39, 0.29) is 31.1 Å². The fourth-order valence-corrected chi connectivity index (χ4v) is 9.08. The molecule has 6 nitrogen and oxygen atoms in total. The van der Waals surface area contributed by atoms with Gasteiger partial charge < -0.3 is 14.2 Å². The van der Waals surface area contributed by atoms with Gasteiger partial charge in [-0.2, -0.15) is 0 Å². The first kappa shape index (κ1) is 69.1. The van der Waals surface area contributed by atoms with E-state index in [1.807, 2.05) is 0 Å². The molecule has 418 valence electrons. The van der Waals surface area contributed by atoms with Crippen molar-refractivity contribution in [3.05, 3.63) is 60.8 Å². The summed E-state index contributed by atoms with van der Waals surface area (Å²) in [5, 5.41) is 0. The van der Waals surface area contributed by atoms with Gasteiger partial charge >= 0.3 is 17.9 Å². The number of hydrogen-bond donors (Lipinski definition) is 0. The van der Waals surface area contributed by atoms with Gasteiger partial charge in [0.1, 0.15) is 13.2 Å². The van der Waals surface area contributed by atoms with Crippen LogP contribution in [0.25, 0.3) is 0 Å². The Hall–Kier alpha value is -2.89. The molecule has 0 spiro atoms. The quantitative estimate of drug-likeness (QED) is 0.0261. The lowest BCUT2D eigenvalue weighted by Crippen LogP contribution is -2.30. The standard InChI is InChI=1S/C66H118O6/c1-4-7-10-13-16-18-20-22-24-26-27-28-29-30-31-32-33-34-35-36-37-38-39-41-42-44-46-48-50-53-56-59-65(68)71-62-63(61-70-64(67)58-55-52-15-12-9-6-3)72-66(69)60-57-54-51-49-47-45-43-40-25-23-21-19-17-14-11-8-5-2/h8,11,17,19-20,22-23,25-27,63H,4-7,9-10,12-16,18,21,24,28-62H2,1-3H3/b11-8-,19-17-,22-20-,25-23-,27-26-. The van der Waals surface area contributed by atoms with Crippen LogP contribution in [0.5, 0.6) is 0 Å². The minimum atomic E-state index is -0.775. The molecule has 0 fully saturated rings. The van der Waals surface area contributed by atoms with Gasteiger partial charge in [0.05, 0.1) is 0 Å². The molecule has 1 atom stereocenters. The maximum Gasteiger partial charge on any atom is 0.306 e. The van der Waals surface area contributed by atoms with Crippen LogP contribution in [0, 0.1) is 0 Å². The number of allylic oxidation sites excluding steroid dienone is 10. The molecule has 0 aromatic carbocycles. The van der Waals surface area contributed by atoms with Crippen molar-refractivity contribution >= 4 is 17.9 Å². The molecule has 0 aromatic rings. The lowest BCUT2D eigenvalue weighted by molar-refractivity contribution is -0.167. The van der Waals surface area contributed by atoms with Crippen LogP contribution in [-0.4, -0.2) is 37.2 Å². The third-order valence-corrected chi connectivity index (χ3v) is 13.8. The van der Waals surface area contributed by atoms with Crippen molar-refractivity contribution in [2.75, 3.05) is 13.2 Å². The monoisotopic (exact) mass is 1010 g/mol. The minimum Gasteiger partial charge on any atom is -0.462 e. The van der Waals surface area contributed by atoms with E-state index < -0.39 is 6.10 Å². The van der Waals surface area contributed by atoms with E-state index in [2.05, 4.69) is 81.5 Å². The Morgan fingerprint density at radius 1 is 0.292 bits per heavy atom. The molecule has 0 aliphatic rings. The van der Waals surface area contributed by atoms with E-state index in [1.165, 1.54) is 193 Å². The predicted molar refractivity (Wildman–Crippen MR) is 312 cm³/mol. The first-order chi connectivity index (χ1) is 35.5. The molecule has 0 amide bonds. The number of unbranched alkanes of at least 4 members (excludes halogenated alkanes) is 36. The van der Waals surface area contributed by atoms with E-state index >= 15 is 0 Å². The van der Waals surface area contributed by atoms with E-state index in [9.17, 15) is 14.4 Å². The third-order valence-electron chi connectivity index (χ3n) is 13.8. The predicted octanol–water partition coefficient (Wildman–Crippen LogP) is 21.2. The van der Waals surface area contributed by atoms with Crippen LogP contribution >= 0.6 is 0 Å². The molecule has 0 N–H and O–H groups in total. The number of ether oxygens (including phenoxy) is 3. The van der Waals surface area contributed by atoms with Crippen LogP contribution in [0.1, 0.15) is 323 Å². The Balaban J connectivity index is 3.99. The van der Waals surface area contributed by atoms with Crippen LogP contribution in [0.15, 0.2) is 60.8 Å². The normalized spacial score (nSPS) is 12.4. The summed E-state index contributed by atoms with van der Waals surface area (Å²) >= 11 is 0. The molecule has 0 heterocycles. The van der Waals surface area contributed by atoms with Crippen molar-refractivity contribution in [1.82, 2.24) is 0 Å². The second kappa shape index (κ2) is 60.7. The molecule has 0 rings (SSSR count). The van der Waals surface area contributed by atoms with Crippen molar-refractivity contribution in [3.63, 3.8) is 0 Å². The molecule has 0 aromatic heterocycles. The van der Waals surface area contributed by atoms with Gasteiger partial charge in [-0.3, -0.25) is 14.4 Å². The van der Waals surface area contributed by atoms with E-state index in [0.29, 0.717) is 19.3 Å². The molecular weight excluding hydrogens is 889 g/mol. The summed E-state index contributed by atoms with van der Waals surface area (Å²) in [5.74, 6) is -0.882. The highest BCUT2D eigenvalue weighted by atomic mass is 16.6. The molecule has 1 unspecified atom stereocenters. The summed E-state index contributed by atoms with van der Waals surface area (Å²) in [6, 6.07) is 0. The van der Waals surface area contributed by atoms with Gasteiger partial charge in [0.15, 0.2) is 6.10 Å². The van der Waals surface area contributed by atoms with Crippen LogP contribution in [0.4, 0.5) is 0 Å². The first-order valence-corrected chi connectivity index (χ1v) is 31.3. The SMILES string of the molecule is CC/C=C\C/C=C\C/C=C\CCCCCCCCCC(=O)OC(COC(=O)CCCCCCCC)COC(=O)CCCCCCCCCCCCCCCCCCCCC/C=C\C/C=C\CCCCCCC. The number of rotatable bonds is 57. The Morgan fingerprint density at radius 2 is 0.542 bits per heavy atom. The molecule has 0 radical (unpaired) electrons. The Kier molecular flexibility index (Phi) is 58.2. The van der Waals surface area contributed by atoms with Crippen LogP contribution in [-0.2, 0) is 28.6 Å². The number of esters is 3. The van der Waals surface area contributed by atoms with Crippen molar-refractivity contribution in [2.24, 2.45) is 0 Å². The van der Waals surface area contributed by atoms with Gasteiger partial charge in [-0.25, -0.2) is 0 Å². The fraction of sp³-hybridized carbons (Fsp3) is 0.803. The Morgan fingerprint density at radius 3 is 0.847 bits per heavy atom. The van der Waals surface area contributed by atoms with Crippen LogP contribution in [0.2, 0.25) is 0 Å². The van der Waals surface area contributed by atoms with Gasteiger partial charge in [-0.1, -0.05) is 281 Å². The van der Waals surface area contributed by atoms with Gasteiger partial charge in [0, 0.05) is 19.3 Å². The topological polar surface area (TPSA) is 78.9 Å². The molecule has 0 saturated heterocycles. The van der Waals surface area contributed by atoms with Gasteiger partial charge in [0.25, 0.3) is 0 Å². The van der Waals surface area contributed by atoms with Crippen molar-refractivity contribution in [1.29, 1.82) is 0 Å². The summed E-state index contributed by atoms with van der Waals surface area (Å²) < 4.78 is 16.8. The molecular formula is C66H118O6. The van der Waals surface area contributed by atoms with Crippen LogP contribution in [0.3, 0.4) is 0 Å². The molecule has 72 heavy (non-hydrogen) atoms. The van der Waals surface area contributed by atoms with E-state index in [1.54, 1.807) is 0 Å². The summed E-state index contributed by atoms with van der Waals surface area (Å²) in [5.41, 5.74) is 0. The van der Waals surface area contributed by atoms with Gasteiger partial charge in [-0.15, -0.1) is 0 Å². The minimum absolute atomic E-state index is 0.0752. The van der Waals surface area contributed by atoms with Gasteiger partial charge in [-0.05, 0) is 83.5 Å². The smallest absolute Gasteiger partial charge is 0.306 e. The second-order valence-corrected chi connectivity index (χ2v) is 20.9. The first-order valence-electron chi connectivity index (χ1n) is 31.3. The lowest BCUT2D eigenvalue weighted by Gasteiger charge is -2.18. The highest BCUT2D eigenvalue weighted by Gasteiger charge is 2.19. The van der Waals surface area contributed by atoms with Crippen LogP contribution < -0.4 is 0 Å². The number of carbonyl (C=O) groups is 3. The van der Waals surface area contributed by atoms with E-state index in [0.717, 1.165) is 89.9 Å². The molecule has 6 heteroatoms. The summed E-state index contributed by atoms with van der Waals surface area (Å²) in [6.07, 6.45) is 77.0. The lowest BCUT2D eigenvalue weighted by atomic mass is 10.0. The average molecular weight is 1010 g/mol. The molecule has 0 aliphatic heterocycles. The zero-order chi connectivity index (χ0) is 52.2. The van der Waals surface area contributed by atoms with Crippen molar-refractivity contribution in [2.45, 2.75) is 329 Å². The molecule has 0 saturated carbocycles. The highest BCUT2D eigenvalue weighted by Crippen LogP contribution is 2.17. The third kappa shape index (κ3) is 58.0. The zero-order valence-electron chi connectivity index (χ0n) is 47.9. The second-order valence-electron chi connectivity index (χ2n) is 20.9. The maximum absolute atomic E-state index is 12.8. The largest absolute Gasteiger partial charge is 0.462 e. The van der Waals surface area contributed by atoms with Gasteiger partial charge in [0.2, 0.25) is 0 Å². The Labute approximate surface area is 447 Å². The summed E-state index contributed by atoms with van der Waals surface area (Å²) in [6.45, 7) is 6.48. The summed E-state index contributed by atoms with van der Waals surface area (Å²) in [4.78, 5) is 37.9.